The first kappa shape index (κ1) is 13.6. The molecular formula is C8H17O5Si-. The predicted molar refractivity (Wildman–Crippen MR) is 50.4 cm³/mol. The van der Waals surface area contributed by atoms with Crippen molar-refractivity contribution in [3.8, 4) is 0 Å². The fraction of sp³-hybridized carbons (Fsp3) is 0.875. The van der Waals surface area contributed by atoms with E-state index < -0.39 is 14.8 Å². The zero-order valence-corrected chi connectivity index (χ0v) is 9.87. The average Bonchev–Trinajstić information content (AvgIpc) is 2.19. The molecule has 0 spiro atoms. The van der Waals surface area contributed by atoms with Crippen molar-refractivity contribution in [3.05, 3.63) is 0 Å². The number of carbonyl (C=O) groups excluding carboxylic acids is 1. The summed E-state index contributed by atoms with van der Waals surface area (Å²) in [6.45, 7) is 0. The molecule has 0 unspecified atom stereocenters. The highest BCUT2D eigenvalue weighted by Gasteiger charge is 2.36. The molecule has 0 aromatic carbocycles. The summed E-state index contributed by atoms with van der Waals surface area (Å²) in [5, 5.41) is 10.1. The van der Waals surface area contributed by atoms with E-state index in [0.29, 0.717) is 18.9 Å². The molecule has 0 heterocycles. The number of aliphatic carboxylic acids is 1. The van der Waals surface area contributed by atoms with Crippen LogP contribution in [0.4, 0.5) is 0 Å². The minimum absolute atomic E-state index is 0.0711. The number of hydrogen-bond donors (Lipinski definition) is 0. The van der Waals surface area contributed by atoms with Crippen LogP contribution in [0.3, 0.4) is 0 Å². The summed E-state index contributed by atoms with van der Waals surface area (Å²) in [5.41, 5.74) is 0. The van der Waals surface area contributed by atoms with Gasteiger partial charge in [0.2, 0.25) is 0 Å². The lowest BCUT2D eigenvalue weighted by Gasteiger charge is -2.24. The van der Waals surface area contributed by atoms with Gasteiger partial charge in [-0.05, 0) is 19.3 Å². The lowest BCUT2D eigenvalue weighted by Crippen LogP contribution is -2.42. The molecule has 6 heteroatoms. The Kier molecular flexibility index (Phi) is 6.72. The molecule has 0 aliphatic carbocycles. The van der Waals surface area contributed by atoms with Gasteiger partial charge < -0.3 is 23.2 Å². The van der Waals surface area contributed by atoms with E-state index in [-0.39, 0.29) is 6.42 Å². The highest BCUT2D eigenvalue weighted by atomic mass is 28.4. The molecular weight excluding hydrogens is 204 g/mol. The first-order valence-corrected chi connectivity index (χ1v) is 6.38. The van der Waals surface area contributed by atoms with Crippen LogP contribution in [0.15, 0.2) is 0 Å². The highest BCUT2D eigenvalue weighted by Crippen LogP contribution is 2.16. The summed E-state index contributed by atoms with van der Waals surface area (Å²) < 4.78 is 15.5. The van der Waals surface area contributed by atoms with Crippen molar-refractivity contribution in [2.45, 2.75) is 25.3 Å². The molecule has 14 heavy (non-hydrogen) atoms. The molecule has 0 amide bonds. The third-order valence-corrected chi connectivity index (χ3v) is 4.88. The zero-order valence-electron chi connectivity index (χ0n) is 8.87. The molecule has 0 saturated carbocycles. The first-order valence-electron chi connectivity index (χ1n) is 4.45. The molecule has 0 aromatic heterocycles. The minimum Gasteiger partial charge on any atom is -0.550 e. The molecule has 5 nitrogen and oxygen atoms in total. The number of hydrogen-bond acceptors (Lipinski definition) is 5. The first-order chi connectivity index (χ1) is 6.60. The molecule has 84 valence electrons. The van der Waals surface area contributed by atoms with Crippen LogP contribution >= 0.6 is 0 Å². The summed E-state index contributed by atoms with van der Waals surface area (Å²) in [6.07, 6.45) is 1.34. The molecule has 0 aliphatic rings. The van der Waals surface area contributed by atoms with E-state index in [1.54, 1.807) is 0 Å². The Morgan fingerprint density at radius 2 is 1.64 bits per heavy atom. The van der Waals surface area contributed by atoms with Crippen LogP contribution in [0.2, 0.25) is 6.04 Å². The van der Waals surface area contributed by atoms with Gasteiger partial charge in [-0.25, -0.2) is 0 Å². The zero-order chi connectivity index (χ0) is 11.0. The Hall–Kier alpha value is -0.433. The Morgan fingerprint density at radius 1 is 1.14 bits per heavy atom. The minimum atomic E-state index is -2.50. The van der Waals surface area contributed by atoms with Gasteiger partial charge in [0, 0.05) is 33.3 Å². The Bertz CT molecular complexity index is 161. The van der Waals surface area contributed by atoms with E-state index in [1.165, 1.54) is 21.3 Å². The number of rotatable bonds is 8. The summed E-state index contributed by atoms with van der Waals surface area (Å²) in [7, 11) is 2.12. The van der Waals surface area contributed by atoms with Crippen molar-refractivity contribution in [2.24, 2.45) is 0 Å². The molecule has 0 fully saturated rings. The topological polar surface area (TPSA) is 67.8 Å². The SMILES string of the molecule is CO[Si](CCCCC(=O)[O-])(OC)OC. The van der Waals surface area contributed by atoms with Gasteiger partial charge in [0.25, 0.3) is 0 Å². The average molecular weight is 221 g/mol. The molecule has 0 bridgehead atoms. The summed E-state index contributed by atoms with van der Waals surface area (Å²) in [6, 6.07) is 0.629. The number of carboxylic acid groups (broad SMARTS) is 1. The lowest BCUT2D eigenvalue weighted by molar-refractivity contribution is -0.305. The Labute approximate surface area is 85.3 Å². The van der Waals surface area contributed by atoms with Gasteiger partial charge in [0.15, 0.2) is 0 Å². The van der Waals surface area contributed by atoms with Gasteiger partial charge >= 0.3 is 8.80 Å². The summed E-state index contributed by atoms with van der Waals surface area (Å²) in [4.78, 5) is 10.1. The third kappa shape index (κ3) is 4.71. The van der Waals surface area contributed by atoms with Crippen LogP contribution in [0.1, 0.15) is 19.3 Å². The van der Waals surface area contributed by atoms with Crippen molar-refractivity contribution < 1.29 is 23.2 Å². The smallest absolute Gasteiger partial charge is 0.500 e. The highest BCUT2D eigenvalue weighted by molar-refractivity contribution is 6.60. The summed E-state index contributed by atoms with van der Waals surface area (Å²) >= 11 is 0. The molecule has 0 aromatic rings. The standard InChI is InChI=1S/C8H18O5Si/c1-11-14(12-2,13-3)7-5-4-6-8(9)10/h4-7H2,1-3H3,(H,9,10)/p-1. The molecule has 0 aliphatic heterocycles. The van der Waals surface area contributed by atoms with Crippen LogP contribution in [0.5, 0.6) is 0 Å². The molecule has 0 rings (SSSR count). The van der Waals surface area contributed by atoms with Crippen LogP contribution < -0.4 is 5.11 Å². The normalized spacial score (nSPS) is 11.6. The van der Waals surface area contributed by atoms with Crippen molar-refractivity contribution in [1.29, 1.82) is 0 Å². The summed E-state index contributed by atoms with van der Waals surface area (Å²) in [5.74, 6) is -1.02. The largest absolute Gasteiger partial charge is 0.550 e. The van der Waals surface area contributed by atoms with Crippen LogP contribution in [-0.2, 0) is 18.1 Å². The van der Waals surface area contributed by atoms with Crippen LogP contribution in [-0.4, -0.2) is 36.1 Å². The van der Waals surface area contributed by atoms with Gasteiger partial charge in [0.1, 0.15) is 0 Å². The maximum atomic E-state index is 10.1. The van der Waals surface area contributed by atoms with Gasteiger partial charge in [-0.15, -0.1) is 0 Å². The lowest BCUT2D eigenvalue weighted by atomic mass is 10.2. The van der Waals surface area contributed by atoms with Gasteiger partial charge in [-0.2, -0.15) is 0 Å². The van der Waals surface area contributed by atoms with Crippen molar-refractivity contribution in [3.63, 3.8) is 0 Å². The van der Waals surface area contributed by atoms with Crippen molar-refractivity contribution in [1.82, 2.24) is 0 Å². The second kappa shape index (κ2) is 6.94. The molecule has 0 N–H and O–H groups in total. The van der Waals surface area contributed by atoms with E-state index in [2.05, 4.69) is 0 Å². The molecule has 0 saturated heterocycles. The van der Waals surface area contributed by atoms with E-state index in [9.17, 15) is 9.90 Å². The van der Waals surface area contributed by atoms with Crippen molar-refractivity contribution >= 4 is 14.8 Å². The molecule has 0 radical (unpaired) electrons. The van der Waals surface area contributed by atoms with E-state index >= 15 is 0 Å². The fourth-order valence-electron chi connectivity index (χ4n) is 1.17. The third-order valence-electron chi connectivity index (χ3n) is 2.05. The van der Waals surface area contributed by atoms with Gasteiger partial charge in [0.05, 0.1) is 0 Å². The van der Waals surface area contributed by atoms with Gasteiger partial charge in [-0.1, -0.05) is 0 Å². The van der Waals surface area contributed by atoms with Crippen molar-refractivity contribution in [2.75, 3.05) is 21.3 Å². The number of unbranched alkanes of at least 4 members (excludes halogenated alkanes) is 1. The number of carboxylic acids is 1. The second-order valence-corrected chi connectivity index (χ2v) is 5.97. The number of carbonyl (C=O) groups is 1. The predicted octanol–water partition coefficient (Wildman–Crippen LogP) is -0.215. The maximum absolute atomic E-state index is 10.1. The monoisotopic (exact) mass is 221 g/mol. The van der Waals surface area contributed by atoms with E-state index in [0.717, 1.165) is 0 Å². The Balaban J connectivity index is 3.77. The van der Waals surface area contributed by atoms with E-state index in [1.807, 2.05) is 0 Å². The Morgan fingerprint density at radius 3 is 2.00 bits per heavy atom. The second-order valence-electron chi connectivity index (χ2n) is 2.87. The van der Waals surface area contributed by atoms with E-state index in [4.69, 9.17) is 13.3 Å². The molecule has 0 atom stereocenters. The fourth-order valence-corrected chi connectivity index (χ4v) is 2.96. The van der Waals surface area contributed by atoms with Crippen LogP contribution in [0, 0.1) is 0 Å². The van der Waals surface area contributed by atoms with Gasteiger partial charge in [-0.3, -0.25) is 0 Å². The quantitative estimate of drug-likeness (QED) is 0.419. The maximum Gasteiger partial charge on any atom is 0.500 e. The van der Waals surface area contributed by atoms with Crippen LogP contribution in [0.25, 0.3) is 0 Å².